The summed E-state index contributed by atoms with van der Waals surface area (Å²) < 4.78 is 0. The van der Waals surface area contributed by atoms with E-state index in [-0.39, 0.29) is 5.92 Å². The molecule has 1 atom stereocenters. The number of hydrogen-bond acceptors (Lipinski definition) is 5. The second-order valence-corrected chi connectivity index (χ2v) is 7.74. The van der Waals surface area contributed by atoms with Gasteiger partial charge >= 0.3 is 6.09 Å². The lowest BCUT2D eigenvalue weighted by Gasteiger charge is -2.35. The topological polar surface area (TPSA) is 82.5 Å². The highest BCUT2D eigenvalue weighted by Gasteiger charge is 2.33. The molecule has 2 aromatic heterocycles. The number of rotatable bonds is 3. The molecule has 25 heavy (non-hydrogen) atoms. The van der Waals surface area contributed by atoms with Crippen LogP contribution in [0.25, 0.3) is 11.0 Å². The molecule has 2 aromatic rings. The molecule has 8 heteroatoms. The highest BCUT2D eigenvalue weighted by atomic mass is 35.5. The molecule has 1 aliphatic rings. The molecule has 1 amide bonds. The van der Waals surface area contributed by atoms with Crippen LogP contribution < -0.4 is 4.90 Å². The highest BCUT2D eigenvalue weighted by Crippen LogP contribution is 2.30. The Hall–Kier alpha value is -2.15. The average Bonchev–Trinajstić information content (AvgIpc) is 2.99. The Kier molecular flexibility index (Phi) is 4.69. The maximum atomic E-state index is 11.6. The third kappa shape index (κ3) is 3.76. The van der Waals surface area contributed by atoms with Gasteiger partial charge in [-0.05, 0) is 33.1 Å². The molecule has 0 unspecified atom stereocenters. The first-order valence-electron chi connectivity index (χ1n) is 8.28. The number of aromatic nitrogens is 3. The zero-order valence-electron chi connectivity index (χ0n) is 14.6. The number of nitrogens with zero attached hydrogens (tertiary/aromatic N) is 5. The average molecular weight is 364 g/mol. The highest BCUT2D eigenvalue weighted by molar-refractivity contribution is 6.30. The smallest absolute Gasteiger partial charge is 0.407 e. The van der Waals surface area contributed by atoms with Gasteiger partial charge in [0.2, 0.25) is 0 Å². The van der Waals surface area contributed by atoms with Crippen LogP contribution >= 0.6 is 11.6 Å². The first-order chi connectivity index (χ1) is 11.8. The van der Waals surface area contributed by atoms with Crippen molar-refractivity contribution in [3.8, 4) is 0 Å². The van der Waals surface area contributed by atoms with Gasteiger partial charge in [-0.25, -0.2) is 14.8 Å². The molecule has 1 aliphatic heterocycles. The summed E-state index contributed by atoms with van der Waals surface area (Å²) in [6.45, 7) is 7.75. The second-order valence-electron chi connectivity index (χ2n) is 7.36. The molecule has 134 valence electrons. The van der Waals surface area contributed by atoms with Crippen LogP contribution in [0.4, 0.5) is 10.6 Å². The summed E-state index contributed by atoms with van der Waals surface area (Å²) in [6, 6.07) is 1.70. The molecule has 0 radical (unpaired) electrons. The molecule has 1 N–H and O–H groups in total. The van der Waals surface area contributed by atoms with Gasteiger partial charge in [0.05, 0.1) is 5.52 Å². The van der Waals surface area contributed by atoms with Crippen molar-refractivity contribution in [3.63, 3.8) is 0 Å². The zero-order valence-corrected chi connectivity index (χ0v) is 15.4. The van der Waals surface area contributed by atoms with Gasteiger partial charge in [0.15, 0.2) is 5.82 Å². The molecule has 0 bridgehead atoms. The van der Waals surface area contributed by atoms with Gasteiger partial charge < -0.3 is 14.9 Å². The number of carboxylic acid groups (broad SMARTS) is 1. The minimum Gasteiger partial charge on any atom is -0.465 e. The molecule has 0 saturated carbocycles. The Morgan fingerprint density at radius 3 is 2.80 bits per heavy atom. The fourth-order valence-corrected chi connectivity index (χ4v) is 3.40. The van der Waals surface area contributed by atoms with Crippen molar-refractivity contribution < 1.29 is 9.90 Å². The van der Waals surface area contributed by atoms with E-state index in [9.17, 15) is 9.90 Å². The quantitative estimate of drug-likeness (QED) is 0.842. The molecule has 1 saturated heterocycles. The van der Waals surface area contributed by atoms with E-state index in [4.69, 9.17) is 11.6 Å². The van der Waals surface area contributed by atoms with Gasteiger partial charge in [-0.15, -0.1) is 0 Å². The van der Waals surface area contributed by atoms with Crippen molar-refractivity contribution in [2.24, 2.45) is 5.92 Å². The zero-order chi connectivity index (χ0) is 18.2. The maximum absolute atomic E-state index is 11.6. The molecule has 3 heterocycles. The molecule has 7 nitrogen and oxygen atoms in total. The van der Waals surface area contributed by atoms with E-state index in [1.807, 2.05) is 20.8 Å². The van der Waals surface area contributed by atoms with Crippen LogP contribution in [-0.2, 0) is 0 Å². The van der Waals surface area contributed by atoms with E-state index in [1.54, 1.807) is 18.5 Å². The Labute approximate surface area is 151 Å². The van der Waals surface area contributed by atoms with Gasteiger partial charge in [0, 0.05) is 43.6 Å². The van der Waals surface area contributed by atoms with Crippen molar-refractivity contribution in [1.82, 2.24) is 19.9 Å². The maximum Gasteiger partial charge on any atom is 0.407 e. The number of hydrogen-bond donors (Lipinski definition) is 1. The molecule has 3 rings (SSSR count). The standard InChI is InChI=1S/C17H22ClN5O2/c1-17(2,3)23(16(24)25)10-11-4-7-22(9-11)15-14-12(8-13(18)21-15)19-5-6-20-14/h5-6,8,11H,4,7,9-10H2,1-3H3,(H,24,25)/t11-/m0/s1. The summed E-state index contributed by atoms with van der Waals surface area (Å²) in [6.07, 6.45) is 3.28. The predicted molar refractivity (Wildman–Crippen MR) is 97.1 cm³/mol. The third-order valence-corrected chi connectivity index (χ3v) is 4.67. The fourth-order valence-electron chi connectivity index (χ4n) is 3.22. The van der Waals surface area contributed by atoms with Gasteiger partial charge in [-0.3, -0.25) is 4.98 Å². The number of halogens is 1. The van der Waals surface area contributed by atoms with E-state index in [2.05, 4.69) is 19.9 Å². The van der Waals surface area contributed by atoms with E-state index < -0.39 is 11.6 Å². The normalized spacial score (nSPS) is 17.9. The van der Waals surface area contributed by atoms with Crippen LogP contribution in [0.3, 0.4) is 0 Å². The fraction of sp³-hybridized carbons (Fsp3) is 0.529. The van der Waals surface area contributed by atoms with Gasteiger partial charge in [0.1, 0.15) is 10.7 Å². The molecular formula is C17H22ClN5O2. The van der Waals surface area contributed by atoms with Crippen molar-refractivity contribution in [1.29, 1.82) is 0 Å². The van der Waals surface area contributed by atoms with E-state index in [0.29, 0.717) is 17.2 Å². The first-order valence-corrected chi connectivity index (χ1v) is 8.66. The van der Waals surface area contributed by atoms with Gasteiger partial charge in [0.25, 0.3) is 0 Å². The number of pyridine rings is 1. The molecule has 0 aliphatic carbocycles. The Morgan fingerprint density at radius 2 is 2.12 bits per heavy atom. The summed E-state index contributed by atoms with van der Waals surface area (Å²) in [7, 11) is 0. The van der Waals surface area contributed by atoms with Crippen LogP contribution in [0.5, 0.6) is 0 Å². The Balaban J connectivity index is 1.81. The summed E-state index contributed by atoms with van der Waals surface area (Å²) in [5, 5.41) is 9.88. The third-order valence-electron chi connectivity index (χ3n) is 4.47. The molecule has 0 aromatic carbocycles. The van der Waals surface area contributed by atoms with Crippen LogP contribution in [0.1, 0.15) is 27.2 Å². The summed E-state index contributed by atoms with van der Waals surface area (Å²) >= 11 is 6.13. The van der Waals surface area contributed by atoms with Gasteiger partial charge in [-0.1, -0.05) is 11.6 Å². The monoisotopic (exact) mass is 363 g/mol. The van der Waals surface area contributed by atoms with E-state index >= 15 is 0 Å². The summed E-state index contributed by atoms with van der Waals surface area (Å²) in [5.74, 6) is 0.957. The van der Waals surface area contributed by atoms with Crippen LogP contribution in [0.15, 0.2) is 18.5 Å². The van der Waals surface area contributed by atoms with E-state index in [1.165, 1.54) is 4.90 Å². The predicted octanol–water partition coefficient (Wildman–Crippen LogP) is 3.28. The largest absolute Gasteiger partial charge is 0.465 e. The van der Waals surface area contributed by atoms with Gasteiger partial charge in [-0.2, -0.15) is 0 Å². The van der Waals surface area contributed by atoms with Crippen molar-refractivity contribution in [2.45, 2.75) is 32.7 Å². The minimum absolute atomic E-state index is 0.239. The number of carbonyl (C=O) groups is 1. The SMILES string of the molecule is CC(C)(C)N(C[C@H]1CCN(c2nc(Cl)cc3nccnc23)C1)C(=O)O. The summed E-state index contributed by atoms with van der Waals surface area (Å²) in [4.78, 5) is 28.3. The van der Waals surface area contributed by atoms with Crippen LogP contribution in [0.2, 0.25) is 5.15 Å². The number of amides is 1. The second kappa shape index (κ2) is 6.63. The first kappa shape index (κ1) is 17.7. The lowest BCUT2D eigenvalue weighted by atomic mass is 10.0. The van der Waals surface area contributed by atoms with Crippen molar-refractivity contribution in [2.75, 3.05) is 24.5 Å². The van der Waals surface area contributed by atoms with Crippen molar-refractivity contribution >= 4 is 34.5 Å². The van der Waals surface area contributed by atoms with E-state index in [0.717, 1.165) is 30.8 Å². The summed E-state index contributed by atoms with van der Waals surface area (Å²) in [5.41, 5.74) is 1.01. The molecule has 0 spiro atoms. The lowest BCUT2D eigenvalue weighted by molar-refractivity contribution is 0.0908. The molecule has 1 fully saturated rings. The Morgan fingerprint density at radius 1 is 1.40 bits per heavy atom. The lowest BCUT2D eigenvalue weighted by Crippen LogP contribution is -2.47. The Bertz CT molecular complexity index is 792. The van der Waals surface area contributed by atoms with Crippen LogP contribution in [-0.4, -0.2) is 56.2 Å². The van der Waals surface area contributed by atoms with Crippen LogP contribution in [0, 0.1) is 5.92 Å². The van der Waals surface area contributed by atoms with Crippen molar-refractivity contribution in [3.05, 3.63) is 23.6 Å². The number of anilines is 1. The molecular weight excluding hydrogens is 342 g/mol. The number of fused-ring (bicyclic) bond motifs is 1. The minimum atomic E-state index is -0.886.